The Hall–Kier alpha value is -2.46. The topological polar surface area (TPSA) is 90.6 Å². The molecule has 0 saturated carbocycles. The van der Waals surface area contributed by atoms with Crippen LogP contribution in [0.4, 0.5) is 4.39 Å². The summed E-state index contributed by atoms with van der Waals surface area (Å²) in [7, 11) is 0. The first-order valence-corrected chi connectivity index (χ1v) is 6.33. The Morgan fingerprint density at radius 3 is 2.90 bits per heavy atom. The normalized spacial score (nSPS) is 22.0. The number of morpholine rings is 1. The third kappa shape index (κ3) is 2.71. The van der Waals surface area contributed by atoms with Crippen molar-refractivity contribution in [1.29, 1.82) is 5.26 Å². The quantitative estimate of drug-likeness (QED) is 0.900. The maximum absolute atomic E-state index is 13.4. The largest absolute Gasteiger partial charge is 0.479 e. The number of carboxylic acid groups (broad SMARTS) is 1. The summed E-state index contributed by atoms with van der Waals surface area (Å²) in [6.45, 7) is 1.69. The average Bonchev–Trinajstić information content (AvgIpc) is 2.47. The van der Waals surface area contributed by atoms with Gasteiger partial charge in [-0.2, -0.15) is 5.26 Å². The van der Waals surface area contributed by atoms with Gasteiger partial charge in [0.15, 0.2) is 6.10 Å². The van der Waals surface area contributed by atoms with Crippen molar-refractivity contribution < 1.29 is 23.8 Å². The molecule has 2 unspecified atom stereocenters. The molecule has 21 heavy (non-hydrogen) atoms. The molecule has 6 nitrogen and oxygen atoms in total. The highest BCUT2D eigenvalue weighted by atomic mass is 19.1. The van der Waals surface area contributed by atoms with Gasteiger partial charge in [0.25, 0.3) is 0 Å². The highest BCUT2D eigenvalue weighted by Crippen LogP contribution is 2.31. The SMILES string of the molecule is CCN1C(=O)COC(C(=O)O)C1c1ccc(F)c(C#N)c1. The molecular formula is C14H13FN2O4. The minimum atomic E-state index is -1.25. The van der Waals surface area contributed by atoms with Crippen LogP contribution in [0.25, 0.3) is 0 Å². The number of aliphatic carboxylic acids is 1. The van der Waals surface area contributed by atoms with Crippen molar-refractivity contribution in [2.45, 2.75) is 19.1 Å². The van der Waals surface area contributed by atoms with Crippen LogP contribution in [-0.2, 0) is 14.3 Å². The van der Waals surface area contributed by atoms with Gasteiger partial charge in [-0.25, -0.2) is 9.18 Å². The molecule has 110 valence electrons. The Balaban J connectivity index is 2.50. The van der Waals surface area contributed by atoms with Crippen molar-refractivity contribution in [3.8, 4) is 6.07 Å². The van der Waals surface area contributed by atoms with Gasteiger partial charge in [-0.05, 0) is 24.6 Å². The second-order valence-corrected chi connectivity index (χ2v) is 4.55. The zero-order valence-corrected chi connectivity index (χ0v) is 11.2. The van der Waals surface area contributed by atoms with Gasteiger partial charge in [0.1, 0.15) is 18.5 Å². The molecule has 1 aliphatic rings. The monoisotopic (exact) mass is 292 g/mol. The Morgan fingerprint density at radius 2 is 2.33 bits per heavy atom. The van der Waals surface area contributed by atoms with Gasteiger partial charge in [-0.1, -0.05) is 6.07 Å². The number of hydrogen-bond donors (Lipinski definition) is 1. The Labute approximate surface area is 120 Å². The number of rotatable bonds is 3. The third-order valence-corrected chi connectivity index (χ3v) is 3.37. The van der Waals surface area contributed by atoms with E-state index in [9.17, 15) is 19.1 Å². The maximum atomic E-state index is 13.4. The number of amides is 1. The second-order valence-electron chi connectivity index (χ2n) is 4.55. The number of carbonyl (C=O) groups is 2. The van der Waals surface area contributed by atoms with E-state index in [1.54, 1.807) is 13.0 Å². The Kier molecular flexibility index (Phi) is 4.19. The molecule has 0 spiro atoms. The number of carbonyl (C=O) groups excluding carboxylic acids is 1. The standard InChI is InChI=1S/C14H13FN2O4/c1-2-17-11(18)7-21-13(14(19)20)12(17)8-3-4-10(15)9(5-8)6-16/h3-5,12-13H,2,7H2,1H3,(H,19,20). The molecule has 0 bridgehead atoms. The highest BCUT2D eigenvalue weighted by Gasteiger charge is 2.41. The van der Waals surface area contributed by atoms with E-state index >= 15 is 0 Å². The fourth-order valence-corrected chi connectivity index (χ4v) is 2.40. The summed E-state index contributed by atoms with van der Waals surface area (Å²) in [4.78, 5) is 24.6. The maximum Gasteiger partial charge on any atom is 0.335 e. The fraction of sp³-hybridized carbons (Fsp3) is 0.357. The number of hydrogen-bond acceptors (Lipinski definition) is 4. The molecular weight excluding hydrogens is 279 g/mol. The minimum Gasteiger partial charge on any atom is -0.479 e. The van der Waals surface area contributed by atoms with Gasteiger partial charge in [-0.15, -0.1) is 0 Å². The van der Waals surface area contributed by atoms with Gasteiger partial charge < -0.3 is 14.7 Å². The van der Waals surface area contributed by atoms with Gasteiger partial charge in [0, 0.05) is 6.54 Å². The smallest absolute Gasteiger partial charge is 0.335 e. The number of nitriles is 1. The van der Waals surface area contributed by atoms with Crippen LogP contribution >= 0.6 is 0 Å². The third-order valence-electron chi connectivity index (χ3n) is 3.37. The van der Waals surface area contributed by atoms with Gasteiger partial charge in [0.05, 0.1) is 11.6 Å². The number of ether oxygens (including phenoxy) is 1. The lowest BCUT2D eigenvalue weighted by Gasteiger charge is -2.39. The molecule has 0 aromatic heterocycles. The van der Waals surface area contributed by atoms with Crippen molar-refractivity contribution >= 4 is 11.9 Å². The van der Waals surface area contributed by atoms with Crippen LogP contribution in [0.3, 0.4) is 0 Å². The van der Waals surface area contributed by atoms with Crippen molar-refractivity contribution in [3.63, 3.8) is 0 Å². The molecule has 1 fully saturated rings. The van der Waals surface area contributed by atoms with Crippen LogP contribution in [0.2, 0.25) is 0 Å². The van der Waals surface area contributed by atoms with E-state index in [1.807, 2.05) is 0 Å². The fourth-order valence-electron chi connectivity index (χ4n) is 2.40. The summed E-state index contributed by atoms with van der Waals surface area (Å²) in [5, 5.41) is 18.1. The van der Waals surface area contributed by atoms with Gasteiger partial charge in [-0.3, -0.25) is 4.79 Å². The summed E-state index contributed by atoms with van der Waals surface area (Å²) >= 11 is 0. The first-order chi connectivity index (χ1) is 9.99. The molecule has 1 saturated heterocycles. The lowest BCUT2D eigenvalue weighted by molar-refractivity contribution is -0.172. The number of benzene rings is 1. The predicted molar refractivity (Wildman–Crippen MR) is 68.6 cm³/mol. The highest BCUT2D eigenvalue weighted by molar-refractivity contribution is 5.83. The summed E-state index contributed by atoms with van der Waals surface area (Å²) in [6, 6.07) is 4.50. The zero-order chi connectivity index (χ0) is 15.6. The molecule has 2 atom stereocenters. The molecule has 1 N–H and O–H groups in total. The van der Waals surface area contributed by atoms with Crippen LogP contribution in [0.1, 0.15) is 24.1 Å². The lowest BCUT2D eigenvalue weighted by Crippen LogP contribution is -2.51. The lowest BCUT2D eigenvalue weighted by atomic mass is 9.96. The summed E-state index contributed by atoms with van der Waals surface area (Å²) < 4.78 is 18.5. The van der Waals surface area contributed by atoms with Crippen molar-refractivity contribution in [3.05, 3.63) is 35.1 Å². The molecule has 0 radical (unpaired) electrons. The van der Waals surface area contributed by atoms with E-state index in [4.69, 9.17) is 10.00 Å². The zero-order valence-electron chi connectivity index (χ0n) is 11.2. The van der Waals surface area contributed by atoms with E-state index in [1.165, 1.54) is 17.0 Å². The van der Waals surface area contributed by atoms with E-state index in [-0.39, 0.29) is 24.6 Å². The minimum absolute atomic E-state index is 0.203. The average molecular weight is 292 g/mol. The number of likely N-dealkylation sites (N-methyl/N-ethyl adjacent to an activating group) is 1. The molecule has 2 rings (SSSR count). The molecule has 1 amide bonds. The number of carboxylic acids is 1. The molecule has 1 heterocycles. The molecule has 0 aliphatic carbocycles. The first-order valence-electron chi connectivity index (χ1n) is 6.33. The predicted octanol–water partition coefficient (Wildman–Crippen LogP) is 1.07. The molecule has 1 aliphatic heterocycles. The summed E-state index contributed by atoms with van der Waals surface area (Å²) in [5.41, 5.74) is 0.154. The van der Waals surface area contributed by atoms with Crippen molar-refractivity contribution in [2.75, 3.05) is 13.2 Å². The summed E-state index contributed by atoms with van der Waals surface area (Å²) in [6.07, 6.45) is -1.25. The van der Waals surface area contributed by atoms with Crippen LogP contribution in [0.5, 0.6) is 0 Å². The Bertz CT molecular complexity index is 624. The van der Waals surface area contributed by atoms with E-state index in [2.05, 4.69) is 0 Å². The van der Waals surface area contributed by atoms with Gasteiger partial charge >= 0.3 is 5.97 Å². The molecule has 1 aromatic rings. The molecule has 7 heteroatoms. The van der Waals surface area contributed by atoms with Crippen LogP contribution in [0.15, 0.2) is 18.2 Å². The number of nitrogens with zero attached hydrogens (tertiary/aromatic N) is 2. The van der Waals surface area contributed by atoms with Crippen LogP contribution in [-0.4, -0.2) is 41.1 Å². The summed E-state index contributed by atoms with van der Waals surface area (Å²) in [5.74, 6) is -2.25. The van der Waals surface area contributed by atoms with Crippen LogP contribution in [0, 0.1) is 17.1 Å². The first kappa shape index (κ1) is 14.9. The second kappa shape index (κ2) is 5.89. The van der Waals surface area contributed by atoms with E-state index in [0.717, 1.165) is 6.07 Å². The Morgan fingerprint density at radius 1 is 1.62 bits per heavy atom. The van der Waals surface area contributed by atoms with E-state index < -0.39 is 23.9 Å². The number of halogens is 1. The molecule has 1 aromatic carbocycles. The van der Waals surface area contributed by atoms with E-state index in [0.29, 0.717) is 5.56 Å². The van der Waals surface area contributed by atoms with Crippen molar-refractivity contribution in [2.24, 2.45) is 0 Å². The van der Waals surface area contributed by atoms with Crippen LogP contribution < -0.4 is 0 Å². The van der Waals surface area contributed by atoms with Crippen molar-refractivity contribution in [1.82, 2.24) is 4.90 Å². The van der Waals surface area contributed by atoms with Gasteiger partial charge in [0.2, 0.25) is 5.91 Å².